The SMILES string of the molecule is CN(C(=N)CCCCN1CC[C@]2(C[C@@H]2c2ccc(C(F)(F)F)cc2F)C1)C(=N)C1CCOCC1. The number of hydrogen-bond donors (Lipinski definition) is 2. The van der Waals surface area contributed by atoms with Crippen LogP contribution in [0.25, 0.3) is 0 Å². The Bertz CT molecular complexity index is 915. The number of nitrogens with zero attached hydrogens (tertiary/aromatic N) is 2. The Kier molecular flexibility index (Phi) is 7.33. The number of likely N-dealkylation sites (tertiary alicyclic amines) is 1. The van der Waals surface area contributed by atoms with Crippen molar-refractivity contribution >= 4 is 11.7 Å². The molecule has 0 amide bonds. The van der Waals surface area contributed by atoms with Crippen molar-refractivity contribution in [1.82, 2.24) is 9.80 Å². The lowest BCUT2D eigenvalue weighted by molar-refractivity contribution is -0.137. The van der Waals surface area contributed by atoms with Gasteiger partial charge in [-0.2, -0.15) is 13.2 Å². The van der Waals surface area contributed by atoms with E-state index in [9.17, 15) is 17.6 Å². The molecule has 34 heavy (non-hydrogen) atoms. The van der Waals surface area contributed by atoms with Gasteiger partial charge in [0.05, 0.1) is 5.56 Å². The van der Waals surface area contributed by atoms with E-state index < -0.39 is 17.6 Å². The number of nitrogens with one attached hydrogen (secondary N) is 2. The van der Waals surface area contributed by atoms with Crippen LogP contribution in [0.4, 0.5) is 17.6 Å². The first-order valence-electron chi connectivity index (χ1n) is 12.2. The summed E-state index contributed by atoms with van der Waals surface area (Å²) in [7, 11) is 1.80. The Balaban J connectivity index is 1.19. The normalized spacial score (nSPS) is 25.6. The molecule has 2 atom stereocenters. The smallest absolute Gasteiger partial charge is 0.381 e. The second kappa shape index (κ2) is 9.93. The van der Waals surface area contributed by atoms with Crippen molar-refractivity contribution in [1.29, 1.82) is 10.8 Å². The molecule has 2 aliphatic heterocycles. The Morgan fingerprint density at radius 3 is 2.62 bits per heavy atom. The maximum atomic E-state index is 14.4. The minimum Gasteiger partial charge on any atom is -0.381 e. The van der Waals surface area contributed by atoms with Crippen LogP contribution in [0, 0.1) is 28.0 Å². The van der Waals surface area contributed by atoms with Crippen molar-refractivity contribution in [3.63, 3.8) is 0 Å². The second-order valence-electron chi connectivity index (χ2n) is 10.1. The highest BCUT2D eigenvalue weighted by atomic mass is 19.4. The number of benzene rings is 1. The number of amidine groups is 2. The molecule has 2 heterocycles. The molecule has 5 nitrogen and oxygen atoms in total. The lowest BCUT2D eigenvalue weighted by Crippen LogP contribution is -2.39. The van der Waals surface area contributed by atoms with Crippen LogP contribution >= 0.6 is 0 Å². The predicted octanol–water partition coefficient (Wildman–Crippen LogP) is 5.51. The van der Waals surface area contributed by atoms with Gasteiger partial charge in [0, 0.05) is 39.1 Å². The number of rotatable bonds is 7. The largest absolute Gasteiger partial charge is 0.416 e. The first-order chi connectivity index (χ1) is 16.1. The van der Waals surface area contributed by atoms with Gasteiger partial charge in [-0.05, 0) is 80.6 Å². The van der Waals surface area contributed by atoms with Crippen LogP contribution in [0.1, 0.15) is 62.0 Å². The number of hydrogen-bond acceptors (Lipinski definition) is 4. The summed E-state index contributed by atoms with van der Waals surface area (Å²) in [6.45, 7) is 4.03. The van der Waals surface area contributed by atoms with Gasteiger partial charge in [0.1, 0.15) is 17.5 Å². The van der Waals surface area contributed by atoms with E-state index in [1.165, 1.54) is 6.07 Å². The lowest BCUT2D eigenvalue weighted by Gasteiger charge is -2.29. The van der Waals surface area contributed by atoms with E-state index in [1.807, 2.05) is 0 Å². The van der Waals surface area contributed by atoms with Gasteiger partial charge < -0.3 is 14.5 Å². The summed E-state index contributed by atoms with van der Waals surface area (Å²) in [6.07, 6.45) is 1.35. The van der Waals surface area contributed by atoms with E-state index in [2.05, 4.69) is 4.90 Å². The van der Waals surface area contributed by atoms with Gasteiger partial charge in [0.15, 0.2) is 0 Å². The molecule has 1 aliphatic carbocycles. The summed E-state index contributed by atoms with van der Waals surface area (Å²) in [5.74, 6) is 0.391. The highest BCUT2D eigenvalue weighted by Crippen LogP contribution is 2.64. The second-order valence-corrected chi connectivity index (χ2v) is 10.1. The molecule has 4 rings (SSSR count). The highest BCUT2D eigenvalue weighted by molar-refractivity contribution is 5.98. The zero-order valence-corrected chi connectivity index (χ0v) is 19.7. The molecule has 2 N–H and O–H groups in total. The molecule has 1 saturated carbocycles. The zero-order valence-electron chi connectivity index (χ0n) is 19.7. The predicted molar refractivity (Wildman–Crippen MR) is 123 cm³/mol. The zero-order chi connectivity index (χ0) is 24.5. The molecule has 3 fully saturated rings. The molecule has 1 spiro atoms. The molecule has 188 valence electrons. The minimum absolute atomic E-state index is 0.00203. The molecule has 0 radical (unpaired) electrons. The molecule has 0 unspecified atom stereocenters. The molecule has 1 aromatic rings. The van der Waals surface area contributed by atoms with Crippen molar-refractivity contribution < 1.29 is 22.3 Å². The monoisotopic (exact) mass is 482 g/mol. The third kappa shape index (κ3) is 5.46. The Morgan fingerprint density at radius 1 is 1.21 bits per heavy atom. The molecule has 9 heteroatoms. The topological polar surface area (TPSA) is 63.4 Å². The fourth-order valence-corrected chi connectivity index (χ4v) is 5.59. The summed E-state index contributed by atoms with van der Waals surface area (Å²) in [6, 6.07) is 2.94. The number of alkyl halides is 3. The van der Waals surface area contributed by atoms with E-state index in [1.54, 1.807) is 11.9 Å². The maximum absolute atomic E-state index is 14.4. The van der Waals surface area contributed by atoms with Crippen LogP contribution in [0.5, 0.6) is 0 Å². The van der Waals surface area contributed by atoms with Gasteiger partial charge >= 0.3 is 6.18 Å². The van der Waals surface area contributed by atoms with Crippen molar-refractivity contribution in [2.45, 2.75) is 57.0 Å². The molecule has 1 aromatic carbocycles. The number of unbranched alkanes of at least 4 members (excludes halogenated alkanes) is 1. The minimum atomic E-state index is -4.53. The summed E-state index contributed by atoms with van der Waals surface area (Å²) in [4.78, 5) is 4.06. The summed E-state index contributed by atoms with van der Waals surface area (Å²) < 4.78 is 58.2. The van der Waals surface area contributed by atoms with Crippen LogP contribution in [-0.4, -0.2) is 61.4 Å². The fourth-order valence-electron chi connectivity index (χ4n) is 5.59. The van der Waals surface area contributed by atoms with Crippen molar-refractivity contribution in [2.75, 3.05) is 39.9 Å². The molecule has 0 bridgehead atoms. The average Bonchev–Trinajstić information content (AvgIpc) is 3.35. The summed E-state index contributed by atoms with van der Waals surface area (Å²) >= 11 is 0. The first-order valence-corrected chi connectivity index (χ1v) is 12.2. The average molecular weight is 483 g/mol. The van der Waals surface area contributed by atoms with E-state index in [-0.39, 0.29) is 17.3 Å². The molecule has 2 saturated heterocycles. The van der Waals surface area contributed by atoms with Crippen LogP contribution in [-0.2, 0) is 10.9 Å². The summed E-state index contributed by atoms with van der Waals surface area (Å²) in [5, 5.41) is 16.7. The van der Waals surface area contributed by atoms with E-state index in [4.69, 9.17) is 15.6 Å². The summed E-state index contributed by atoms with van der Waals surface area (Å²) in [5.41, 5.74) is -0.527. The molecular formula is C25H34F4N4O. The molecule has 3 aliphatic rings. The van der Waals surface area contributed by atoms with E-state index in [0.717, 1.165) is 64.2 Å². The fraction of sp³-hybridized carbons (Fsp3) is 0.680. The number of halogens is 4. The Hall–Kier alpha value is -2.00. The van der Waals surface area contributed by atoms with Crippen molar-refractivity contribution in [3.8, 4) is 0 Å². The third-order valence-electron chi connectivity index (χ3n) is 7.87. The van der Waals surface area contributed by atoms with Crippen LogP contribution < -0.4 is 0 Å². The van der Waals surface area contributed by atoms with Crippen LogP contribution in [0.2, 0.25) is 0 Å². The first kappa shape index (κ1) is 25.1. The van der Waals surface area contributed by atoms with Gasteiger partial charge in [-0.15, -0.1) is 0 Å². The van der Waals surface area contributed by atoms with E-state index >= 15 is 0 Å². The lowest BCUT2D eigenvalue weighted by atomic mass is 9.97. The van der Waals surface area contributed by atoms with Crippen molar-refractivity contribution in [2.24, 2.45) is 11.3 Å². The Labute approximate surface area is 198 Å². The third-order valence-corrected chi connectivity index (χ3v) is 7.87. The van der Waals surface area contributed by atoms with Crippen molar-refractivity contribution in [3.05, 3.63) is 35.1 Å². The molecular weight excluding hydrogens is 448 g/mol. The quantitative estimate of drug-likeness (QED) is 0.233. The van der Waals surface area contributed by atoms with Gasteiger partial charge in [-0.25, -0.2) is 4.39 Å². The van der Waals surface area contributed by atoms with Crippen LogP contribution in [0.3, 0.4) is 0 Å². The highest BCUT2D eigenvalue weighted by Gasteiger charge is 2.58. The standard InChI is InChI=1S/C25H34F4N4O/c1-32(23(31)17-7-12-34-13-8-17)22(30)4-2-3-10-33-11-9-24(16-33)15-20(24)19-6-5-18(14-21(19)26)25(27,28)29/h5-6,14,17,20,30-31H,2-4,7-13,15-16H2,1H3/t20-,24+/m1/s1. The van der Waals surface area contributed by atoms with Gasteiger partial charge in [0.25, 0.3) is 0 Å². The van der Waals surface area contributed by atoms with Crippen LogP contribution in [0.15, 0.2) is 18.2 Å². The maximum Gasteiger partial charge on any atom is 0.416 e. The molecule has 0 aromatic heterocycles. The van der Waals surface area contributed by atoms with E-state index in [0.29, 0.717) is 42.9 Å². The number of ether oxygens (including phenoxy) is 1. The van der Waals surface area contributed by atoms with Gasteiger partial charge in [0.2, 0.25) is 0 Å². The Morgan fingerprint density at radius 2 is 1.94 bits per heavy atom. The van der Waals surface area contributed by atoms with Gasteiger partial charge in [-0.1, -0.05) is 6.07 Å². The van der Waals surface area contributed by atoms with Gasteiger partial charge in [-0.3, -0.25) is 10.8 Å².